The first-order valence-corrected chi connectivity index (χ1v) is 8.32. The van der Waals surface area contributed by atoms with Gasteiger partial charge in [-0.25, -0.2) is 0 Å². The zero-order valence-corrected chi connectivity index (χ0v) is 16.5. The van der Waals surface area contributed by atoms with Crippen LogP contribution >= 0.6 is 0 Å². The van der Waals surface area contributed by atoms with Crippen LogP contribution < -0.4 is 0 Å². The predicted molar refractivity (Wildman–Crippen MR) is 91.7 cm³/mol. The number of ether oxygens (including phenoxy) is 4. The molecule has 0 heterocycles. The molecule has 0 unspecified atom stereocenters. The molecule has 0 spiro atoms. The number of carbonyl (C=O) groups excluding carboxylic acids is 2. The molecule has 0 saturated carbocycles. The molecule has 6 nitrogen and oxygen atoms in total. The van der Waals surface area contributed by atoms with Crippen molar-refractivity contribution < 1.29 is 28.5 Å². The zero-order chi connectivity index (χ0) is 19.0. The fourth-order valence-electron chi connectivity index (χ4n) is 2.82. The molecule has 0 aliphatic carbocycles. The third-order valence-electron chi connectivity index (χ3n) is 3.95. The number of rotatable bonds is 9. The Hall–Kier alpha value is -1.14. The minimum Gasteiger partial charge on any atom is -0.463 e. The second kappa shape index (κ2) is 9.37. The van der Waals surface area contributed by atoms with Crippen LogP contribution in [-0.2, 0) is 28.5 Å². The Labute approximate surface area is 146 Å². The summed E-state index contributed by atoms with van der Waals surface area (Å²) in [6.07, 6.45) is 0. The molecule has 0 atom stereocenters. The van der Waals surface area contributed by atoms with Crippen LogP contribution in [0.2, 0.25) is 0 Å². The molecule has 0 rings (SSSR count). The van der Waals surface area contributed by atoms with Crippen LogP contribution in [-0.4, -0.2) is 50.6 Å². The van der Waals surface area contributed by atoms with Gasteiger partial charge in [0.2, 0.25) is 0 Å². The molecular weight excluding hydrogens is 312 g/mol. The van der Waals surface area contributed by atoms with Crippen molar-refractivity contribution >= 4 is 11.9 Å². The quantitative estimate of drug-likeness (QED) is 0.472. The van der Waals surface area contributed by atoms with E-state index in [-0.39, 0.29) is 36.0 Å². The molecule has 0 aromatic heterocycles. The van der Waals surface area contributed by atoms with E-state index in [0.717, 1.165) is 0 Å². The fourth-order valence-corrected chi connectivity index (χ4v) is 2.82. The van der Waals surface area contributed by atoms with E-state index >= 15 is 0 Å². The molecule has 0 aliphatic rings. The van der Waals surface area contributed by atoms with Crippen LogP contribution in [0.4, 0.5) is 0 Å². The molecule has 0 aromatic rings. The molecule has 0 fully saturated rings. The van der Waals surface area contributed by atoms with Gasteiger partial charge in [-0.1, -0.05) is 41.5 Å². The van der Waals surface area contributed by atoms with Crippen LogP contribution in [0.5, 0.6) is 0 Å². The molecule has 0 aromatic carbocycles. The molecule has 0 N–H and O–H groups in total. The van der Waals surface area contributed by atoms with Crippen LogP contribution in [0.3, 0.4) is 0 Å². The third-order valence-corrected chi connectivity index (χ3v) is 3.95. The maximum atomic E-state index is 11.7. The van der Waals surface area contributed by atoms with Gasteiger partial charge in [-0.3, -0.25) is 9.59 Å². The van der Waals surface area contributed by atoms with E-state index in [0.29, 0.717) is 19.8 Å². The second-order valence-electron chi connectivity index (χ2n) is 7.93. The van der Waals surface area contributed by atoms with Crippen molar-refractivity contribution in [1.29, 1.82) is 0 Å². The summed E-state index contributed by atoms with van der Waals surface area (Å²) in [6.45, 7) is 16.6. The van der Waals surface area contributed by atoms with Crippen molar-refractivity contribution in [1.82, 2.24) is 0 Å². The summed E-state index contributed by atoms with van der Waals surface area (Å²) in [5.41, 5.74) is -1.36. The lowest BCUT2D eigenvalue weighted by Gasteiger charge is -2.51. The Kier molecular flexibility index (Phi) is 8.93. The minimum atomic E-state index is -0.760. The largest absolute Gasteiger partial charge is 0.463 e. The molecule has 0 bridgehead atoms. The summed E-state index contributed by atoms with van der Waals surface area (Å²) in [5, 5.41) is 0. The first-order chi connectivity index (χ1) is 10.8. The van der Waals surface area contributed by atoms with Crippen molar-refractivity contribution in [2.45, 2.75) is 61.0 Å². The Morgan fingerprint density at radius 2 is 1.17 bits per heavy atom. The summed E-state index contributed by atoms with van der Waals surface area (Å²) in [6, 6.07) is 0. The smallest absolute Gasteiger partial charge is 0.303 e. The number of hydrogen-bond donors (Lipinski definition) is 0. The lowest BCUT2D eigenvalue weighted by molar-refractivity contribution is -0.214. The zero-order valence-electron chi connectivity index (χ0n) is 16.5. The molecule has 0 radical (unpaired) electrons. The number of hydrogen-bond acceptors (Lipinski definition) is 6. The Bertz CT molecular complexity index is 389. The van der Waals surface area contributed by atoms with E-state index in [1.54, 1.807) is 0 Å². The summed E-state index contributed by atoms with van der Waals surface area (Å²) >= 11 is 0. The average Bonchev–Trinajstić information content (AvgIpc) is 2.36. The highest BCUT2D eigenvalue weighted by Crippen LogP contribution is 2.47. The van der Waals surface area contributed by atoms with Gasteiger partial charge in [0.25, 0.3) is 0 Å². The molecular formula is C18H34O6. The fraction of sp³-hybridized carbons (Fsp3) is 0.889. The molecule has 0 amide bonds. The first kappa shape index (κ1) is 22.9. The van der Waals surface area contributed by atoms with Crippen molar-refractivity contribution in [3.05, 3.63) is 0 Å². The lowest BCUT2D eigenvalue weighted by atomic mass is 9.62. The van der Waals surface area contributed by atoms with Crippen LogP contribution in [0.15, 0.2) is 0 Å². The lowest BCUT2D eigenvalue weighted by Crippen LogP contribution is -2.59. The normalized spacial score (nSPS) is 12.8. The van der Waals surface area contributed by atoms with Crippen molar-refractivity contribution in [3.63, 3.8) is 0 Å². The molecule has 24 heavy (non-hydrogen) atoms. The minimum absolute atomic E-state index is 0.233. The molecule has 6 heteroatoms. The maximum Gasteiger partial charge on any atom is 0.303 e. The SMILES string of the molecule is CC(=O)OCCOCCOCC(OC(C)=O)(C(C)(C)C)C(C)(C)C. The third kappa shape index (κ3) is 7.18. The maximum absolute atomic E-state index is 11.7. The number of carbonyl (C=O) groups is 2. The Balaban J connectivity index is 4.59. The van der Waals surface area contributed by atoms with Crippen molar-refractivity contribution in [2.75, 3.05) is 33.0 Å². The van der Waals surface area contributed by atoms with E-state index in [1.165, 1.54) is 13.8 Å². The van der Waals surface area contributed by atoms with Crippen LogP contribution in [0.25, 0.3) is 0 Å². The van der Waals surface area contributed by atoms with E-state index in [1.807, 2.05) is 41.5 Å². The van der Waals surface area contributed by atoms with Gasteiger partial charge < -0.3 is 18.9 Å². The monoisotopic (exact) mass is 346 g/mol. The summed E-state index contributed by atoms with van der Waals surface area (Å²) in [5.74, 6) is -0.641. The van der Waals surface area contributed by atoms with Crippen molar-refractivity contribution in [2.24, 2.45) is 10.8 Å². The van der Waals surface area contributed by atoms with Gasteiger partial charge in [-0.05, 0) is 0 Å². The van der Waals surface area contributed by atoms with Gasteiger partial charge in [0, 0.05) is 24.7 Å². The van der Waals surface area contributed by atoms with E-state index in [4.69, 9.17) is 18.9 Å². The second-order valence-corrected chi connectivity index (χ2v) is 7.93. The van der Waals surface area contributed by atoms with Gasteiger partial charge in [0.15, 0.2) is 0 Å². The molecule has 0 saturated heterocycles. The van der Waals surface area contributed by atoms with Gasteiger partial charge in [-0.15, -0.1) is 0 Å². The Morgan fingerprint density at radius 1 is 0.708 bits per heavy atom. The summed E-state index contributed by atoms with van der Waals surface area (Å²) < 4.78 is 21.7. The molecule has 142 valence electrons. The topological polar surface area (TPSA) is 71.1 Å². The highest BCUT2D eigenvalue weighted by molar-refractivity contribution is 5.67. The summed E-state index contributed by atoms with van der Waals surface area (Å²) in [7, 11) is 0. The van der Waals surface area contributed by atoms with Crippen molar-refractivity contribution in [3.8, 4) is 0 Å². The van der Waals surface area contributed by atoms with E-state index in [9.17, 15) is 9.59 Å². The van der Waals surface area contributed by atoms with Gasteiger partial charge in [-0.2, -0.15) is 0 Å². The van der Waals surface area contributed by atoms with Crippen LogP contribution in [0.1, 0.15) is 55.4 Å². The highest BCUT2D eigenvalue weighted by atomic mass is 16.6. The van der Waals surface area contributed by atoms with Gasteiger partial charge in [0.1, 0.15) is 12.2 Å². The van der Waals surface area contributed by atoms with Crippen LogP contribution in [0, 0.1) is 10.8 Å². The van der Waals surface area contributed by atoms with Gasteiger partial charge >= 0.3 is 11.9 Å². The average molecular weight is 346 g/mol. The van der Waals surface area contributed by atoms with E-state index in [2.05, 4.69) is 0 Å². The summed E-state index contributed by atoms with van der Waals surface area (Å²) in [4.78, 5) is 22.3. The highest BCUT2D eigenvalue weighted by Gasteiger charge is 2.54. The molecule has 0 aliphatic heterocycles. The standard InChI is InChI=1S/C18H34O6/c1-14(19)23-12-11-21-9-10-22-13-18(16(3,4)5,17(6,7)8)24-15(2)20/h9-13H2,1-8H3. The number of esters is 2. The Morgan fingerprint density at radius 3 is 1.58 bits per heavy atom. The van der Waals surface area contributed by atoms with Gasteiger partial charge in [0.05, 0.1) is 26.4 Å². The predicted octanol–water partition coefficient (Wildman–Crippen LogP) is 2.98. The first-order valence-electron chi connectivity index (χ1n) is 8.32. The van der Waals surface area contributed by atoms with E-state index < -0.39 is 5.60 Å².